The van der Waals surface area contributed by atoms with Crippen LogP contribution in [0.15, 0.2) is 30.9 Å². The first kappa shape index (κ1) is 13.3. The molecule has 1 unspecified atom stereocenters. The highest BCUT2D eigenvalue weighted by atomic mass is 16.5. The van der Waals surface area contributed by atoms with E-state index in [0.29, 0.717) is 6.54 Å². The predicted octanol–water partition coefficient (Wildman–Crippen LogP) is 2.37. The number of amides is 1. The van der Waals surface area contributed by atoms with Crippen LogP contribution in [0.4, 0.5) is 0 Å². The molecule has 0 aliphatic rings. The van der Waals surface area contributed by atoms with Crippen LogP contribution in [0.2, 0.25) is 0 Å². The SMILES string of the molecule is C=CCNC(=O)C(C)Oc1ccc(C)cc1C. The molecular formula is C14H19NO2. The number of nitrogens with one attached hydrogen (secondary N) is 1. The van der Waals surface area contributed by atoms with Gasteiger partial charge in [0.15, 0.2) is 6.10 Å². The van der Waals surface area contributed by atoms with Gasteiger partial charge in [-0.3, -0.25) is 4.79 Å². The van der Waals surface area contributed by atoms with E-state index in [1.54, 1.807) is 13.0 Å². The molecule has 1 N–H and O–H groups in total. The van der Waals surface area contributed by atoms with Crippen LogP contribution in [-0.4, -0.2) is 18.6 Å². The van der Waals surface area contributed by atoms with Crippen molar-refractivity contribution < 1.29 is 9.53 Å². The average molecular weight is 233 g/mol. The van der Waals surface area contributed by atoms with Crippen LogP contribution < -0.4 is 10.1 Å². The Morgan fingerprint density at radius 3 is 2.82 bits per heavy atom. The first-order chi connectivity index (χ1) is 8.04. The van der Waals surface area contributed by atoms with Crippen LogP contribution in [0.25, 0.3) is 0 Å². The van der Waals surface area contributed by atoms with Crippen molar-refractivity contribution in [3.05, 3.63) is 42.0 Å². The van der Waals surface area contributed by atoms with E-state index in [1.807, 2.05) is 32.0 Å². The van der Waals surface area contributed by atoms with E-state index in [4.69, 9.17) is 4.74 Å². The molecule has 0 spiro atoms. The van der Waals surface area contributed by atoms with Gasteiger partial charge in [0.05, 0.1) is 0 Å². The van der Waals surface area contributed by atoms with Gasteiger partial charge >= 0.3 is 0 Å². The fourth-order valence-corrected chi connectivity index (χ4v) is 1.49. The highest BCUT2D eigenvalue weighted by Crippen LogP contribution is 2.19. The Bertz CT molecular complexity index is 413. The van der Waals surface area contributed by atoms with Crippen LogP contribution in [0.5, 0.6) is 5.75 Å². The number of carbonyl (C=O) groups excluding carboxylic acids is 1. The molecule has 3 nitrogen and oxygen atoms in total. The molecular weight excluding hydrogens is 214 g/mol. The van der Waals surface area contributed by atoms with Gasteiger partial charge in [-0.2, -0.15) is 0 Å². The summed E-state index contributed by atoms with van der Waals surface area (Å²) in [6, 6.07) is 5.89. The molecule has 1 rings (SSSR count). The van der Waals surface area contributed by atoms with E-state index in [1.165, 1.54) is 5.56 Å². The Kier molecular flexibility index (Phi) is 4.76. The monoisotopic (exact) mass is 233 g/mol. The molecule has 0 saturated carbocycles. The third-order valence-electron chi connectivity index (χ3n) is 2.42. The molecule has 3 heteroatoms. The normalized spacial score (nSPS) is 11.7. The van der Waals surface area contributed by atoms with Gasteiger partial charge in [-0.25, -0.2) is 0 Å². The Morgan fingerprint density at radius 2 is 2.24 bits per heavy atom. The maximum absolute atomic E-state index is 11.6. The summed E-state index contributed by atoms with van der Waals surface area (Å²) in [7, 11) is 0. The summed E-state index contributed by atoms with van der Waals surface area (Å²) in [5.74, 6) is 0.613. The van der Waals surface area contributed by atoms with Crippen molar-refractivity contribution in [2.24, 2.45) is 0 Å². The molecule has 0 aliphatic carbocycles. The lowest BCUT2D eigenvalue weighted by Gasteiger charge is -2.16. The first-order valence-electron chi connectivity index (χ1n) is 5.67. The predicted molar refractivity (Wildman–Crippen MR) is 69.2 cm³/mol. The average Bonchev–Trinajstić information content (AvgIpc) is 2.29. The summed E-state index contributed by atoms with van der Waals surface area (Å²) >= 11 is 0. The largest absolute Gasteiger partial charge is 0.481 e. The third-order valence-corrected chi connectivity index (χ3v) is 2.42. The molecule has 0 aliphatic heterocycles. The lowest BCUT2D eigenvalue weighted by molar-refractivity contribution is -0.127. The van der Waals surface area contributed by atoms with Crippen LogP contribution in [0, 0.1) is 13.8 Å². The number of hydrogen-bond donors (Lipinski definition) is 1. The summed E-state index contributed by atoms with van der Waals surface area (Å²) in [5, 5.41) is 2.70. The van der Waals surface area contributed by atoms with Crippen molar-refractivity contribution in [3.8, 4) is 5.75 Å². The van der Waals surface area contributed by atoms with Gasteiger partial charge in [0, 0.05) is 6.54 Å². The highest BCUT2D eigenvalue weighted by molar-refractivity contribution is 5.80. The van der Waals surface area contributed by atoms with Gasteiger partial charge in [-0.15, -0.1) is 6.58 Å². The minimum Gasteiger partial charge on any atom is -0.481 e. The van der Waals surface area contributed by atoms with Crippen LogP contribution in [0.3, 0.4) is 0 Å². The minimum atomic E-state index is -0.503. The van der Waals surface area contributed by atoms with Crippen LogP contribution in [-0.2, 0) is 4.79 Å². The number of benzene rings is 1. The van der Waals surface area contributed by atoms with E-state index in [-0.39, 0.29) is 5.91 Å². The molecule has 0 aromatic heterocycles. The lowest BCUT2D eigenvalue weighted by Crippen LogP contribution is -2.36. The van der Waals surface area contributed by atoms with Gasteiger partial charge in [-0.05, 0) is 32.4 Å². The zero-order valence-electron chi connectivity index (χ0n) is 10.6. The number of ether oxygens (including phenoxy) is 1. The molecule has 1 atom stereocenters. The standard InChI is InChI=1S/C14H19NO2/c1-5-8-15-14(16)12(4)17-13-7-6-10(2)9-11(13)3/h5-7,9,12H,1,8H2,2-4H3,(H,15,16). The summed E-state index contributed by atoms with van der Waals surface area (Å²) in [6.07, 6.45) is 1.14. The number of carbonyl (C=O) groups is 1. The molecule has 0 fully saturated rings. The lowest BCUT2D eigenvalue weighted by atomic mass is 10.1. The van der Waals surface area contributed by atoms with Crippen molar-refractivity contribution in [1.82, 2.24) is 5.32 Å². The van der Waals surface area contributed by atoms with Crippen molar-refractivity contribution in [1.29, 1.82) is 0 Å². The zero-order valence-corrected chi connectivity index (χ0v) is 10.6. The highest BCUT2D eigenvalue weighted by Gasteiger charge is 2.14. The minimum absolute atomic E-state index is 0.134. The Balaban J connectivity index is 2.64. The van der Waals surface area contributed by atoms with Crippen LogP contribution >= 0.6 is 0 Å². The number of hydrogen-bond acceptors (Lipinski definition) is 2. The van der Waals surface area contributed by atoms with Gasteiger partial charge < -0.3 is 10.1 Å². The van der Waals surface area contributed by atoms with Gasteiger partial charge in [0.2, 0.25) is 0 Å². The Morgan fingerprint density at radius 1 is 1.53 bits per heavy atom. The van der Waals surface area contributed by atoms with E-state index >= 15 is 0 Å². The maximum atomic E-state index is 11.6. The van der Waals surface area contributed by atoms with Crippen LogP contribution in [0.1, 0.15) is 18.1 Å². The summed E-state index contributed by atoms with van der Waals surface area (Å²) in [4.78, 5) is 11.6. The fraction of sp³-hybridized carbons (Fsp3) is 0.357. The molecule has 92 valence electrons. The zero-order chi connectivity index (χ0) is 12.8. The molecule has 17 heavy (non-hydrogen) atoms. The topological polar surface area (TPSA) is 38.3 Å². The molecule has 0 heterocycles. The third kappa shape index (κ3) is 3.94. The van der Waals surface area contributed by atoms with E-state index in [2.05, 4.69) is 11.9 Å². The van der Waals surface area contributed by atoms with Crippen molar-refractivity contribution in [2.45, 2.75) is 26.9 Å². The first-order valence-corrected chi connectivity index (χ1v) is 5.67. The molecule has 0 saturated heterocycles. The molecule has 1 amide bonds. The number of rotatable bonds is 5. The van der Waals surface area contributed by atoms with Gasteiger partial charge in [0.1, 0.15) is 5.75 Å². The Labute approximate surface area is 102 Å². The van der Waals surface area contributed by atoms with Gasteiger partial charge in [0.25, 0.3) is 5.91 Å². The molecule has 1 aromatic rings. The molecule has 0 bridgehead atoms. The molecule has 1 aromatic carbocycles. The second kappa shape index (κ2) is 6.09. The number of aryl methyl sites for hydroxylation is 2. The smallest absolute Gasteiger partial charge is 0.261 e. The molecule has 0 radical (unpaired) electrons. The summed E-state index contributed by atoms with van der Waals surface area (Å²) in [5.41, 5.74) is 2.21. The second-order valence-electron chi connectivity index (χ2n) is 4.06. The van der Waals surface area contributed by atoms with Crippen molar-refractivity contribution in [3.63, 3.8) is 0 Å². The second-order valence-corrected chi connectivity index (χ2v) is 4.06. The summed E-state index contributed by atoms with van der Waals surface area (Å²) in [6.45, 7) is 9.73. The summed E-state index contributed by atoms with van der Waals surface area (Å²) < 4.78 is 5.61. The Hall–Kier alpha value is -1.77. The maximum Gasteiger partial charge on any atom is 0.261 e. The van der Waals surface area contributed by atoms with E-state index < -0.39 is 6.10 Å². The quantitative estimate of drug-likeness (QED) is 0.793. The van der Waals surface area contributed by atoms with E-state index in [0.717, 1.165) is 11.3 Å². The van der Waals surface area contributed by atoms with Gasteiger partial charge in [-0.1, -0.05) is 23.8 Å². The van der Waals surface area contributed by atoms with E-state index in [9.17, 15) is 4.79 Å². The fourth-order valence-electron chi connectivity index (χ4n) is 1.49. The van der Waals surface area contributed by atoms with Crippen molar-refractivity contribution >= 4 is 5.91 Å². The van der Waals surface area contributed by atoms with Crippen molar-refractivity contribution in [2.75, 3.05) is 6.54 Å².